The van der Waals surface area contributed by atoms with Gasteiger partial charge in [-0.1, -0.05) is 0 Å². The normalized spacial score (nSPS) is 17.6. The van der Waals surface area contributed by atoms with Gasteiger partial charge in [0.15, 0.2) is 0 Å². The maximum Gasteiger partial charge on any atom is 0.274 e. The van der Waals surface area contributed by atoms with E-state index in [0.29, 0.717) is 5.78 Å². The first-order valence-electron chi connectivity index (χ1n) is 7.55. The summed E-state index contributed by atoms with van der Waals surface area (Å²) in [6.07, 6.45) is 5.20. The Hall–Kier alpha value is -1.73. The van der Waals surface area contributed by atoms with Crippen LogP contribution < -0.4 is 10.9 Å². The molecule has 3 heterocycles. The van der Waals surface area contributed by atoms with Crippen molar-refractivity contribution in [1.82, 2.24) is 29.8 Å². The highest BCUT2D eigenvalue weighted by Gasteiger charge is 2.19. The van der Waals surface area contributed by atoms with Gasteiger partial charge in [-0.2, -0.15) is 4.52 Å². The largest absolute Gasteiger partial charge is 0.320 e. The third-order valence-corrected chi connectivity index (χ3v) is 4.22. The van der Waals surface area contributed by atoms with E-state index in [1.165, 1.54) is 30.1 Å². The third kappa shape index (κ3) is 3.30. The molecule has 0 radical (unpaired) electrons. The van der Waals surface area contributed by atoms with E-state index in [-0.39, 0.29) is 5.56 Å². The van der Waals surface area contributed by atoms with Crippen LogP contribution in [-0.4, -0.2) is 51.2 Å². The van der Waals surface area contributed by atoms with Crippen LogP contribution in [0, 0.1) is 5.92 Å². The fourth-order valence-corrected chi connectivity index (χ4v) is 2.96. The van der Waals surface area contributed by atoms with Gasteiger partial charge in [-0.15, -0.1) is 0 Å². The van der Waals surface area contributed by atoms with Crippen molar-refractivity contribution < 1.29 is 0 Å². The monoisotopic (exact) mass is 290 g/mol. The first kappa shape index (κ1) is 14.2. The second-order valence-electron chi connectivity index (χ2n) is 5.72. The SMILES string of the molecule is CNCCC1CCN(Cc2cc(=O)n3[nH]cnc3n2)CC1. The Balaban J connectivity index is 1.60. The van der Waals surface area contributed by atoms with E-state index >= 15 is 0 Å². The summed E-state index contributed by atoms with van der Waals surface area (Å²) in [4.78, 5) is 22.8. The van der Waals surface area contributed by atoms with Gasteiger partial charge in [0.25, 0.3) is 11.3 Å². The van der Waals surface area contributed by atoms with E-state index in [0.717, 1.165) is 37.8 Å². The van der Waals surface area contributed by atoms with Crippen molar-refractivity contribution in [2.24, 2.45) is 5.92 Å². The fraction of sp³-hybridized carbons (Fsp3) is 0.643. The zero-order chi connectivity index (χ0) is 14.7. The van der Waals surface area contributed by atoms with Crippen LogP contribution >= 0.6 is 0 Å². The minimum Gasteiger partial charge on any atom is -0.320 e. The molecule has 1 aliphatic rings. The summed E-state index contributed by atoms with van der Waals surface area (Å²) in [5, 5.41) is 5.97. The molecule has 2 N–H and O–H groups in total. The number of aromatic amines is 1. The van der Waals surface area contributed by atoms with Crippen LogP contribution in [-0.2, 0) is 6.54 Å². The Bertz CT molecular complexity index is 640. The molecule has 1 aliphatic heterocycles. The molecule has 0 spiro atoms. The lowest BCUT2D eigenvalue weighted by Crippen LogP contribution is -2.34. The molecule has 0 bridgehead atoms. The Labute approximate surface area is 123 Å². The summed E-state index contributed by atoms with van der Waals surface area (Å²) in [5.74, 6) is 1.27. The highest BCUT2D eigenvalue weighted by molar-refractivity contribution is 5.25. The number of piperidine rings is 1. The molecular weight excluding hydrogens is 268 g/mol. The summed E-state index contributed by atoms with van der Waals surface area (Å²) in [6, 6.07) is 1.60. The predicted octanol–water partition coefficient (Wildman–Crippen LogP) is 0.239. The van der Waals surface area contributed by atoms with Crippen molar-refractivity contribution >= 4 is 5.78 Å². The quantitative estimate of drug-likeness (QED) is 0.825. The lowest BCUT2D eigenvalue weighted by atomic mass is 9.93. The zero-order valence-corrected chi connectivity index (χ0v) is 12.4. The third-order valence-electron chi connectivity index (χ3n) is 4.22. The minimum absolute atomic E-state index is 0.101. The van der Waals surface area contributed by atoms with Crippen molar-refractivity contribution in [3.8, 4) is 0 Å². The molecule has 0 atom stereocenters. The molecule has 0 unspecified atom stereocenters. The molecular formula is C14H22N6O. The summed E-state index contributed by atoms with van der Waals surface area (Å²) in [5.41, 5.74) is 0.706. The summed E-state index contributed by atoms with van der Waals surface area (Å²) in [7, 11) is 2.00. The Morgan fingerprint density at radius 1 is 1.43 bits per heavy atom. The molecule has 1 saturated heterocycles. The van der Waals surface area contributed by atoms with E-state index in [1.54, 1.807) is 6.07 Å². The molecule has 1 fully saturated rings. The lowest BCUT2D eigenvalue weighted by molar-refractivity contribution is 0.171. The van der Waals surface area contributed by atoms with Gasteiger partial charge in [-0.05, 0) is 51.9 Å². The average Bonchev–Trinajstić information content (AvgIpc) is 2.95. The van der Waals surface area contributed by atoms with E-state index in [1.807, 2.05) is 7.05 Å². The highest BCUT2D eigenvalue weighted by atomic mass is 16.1. The maximum atomic E-state index is 11.9. The Kier molecular flexibility index (Phi) is 4.31. The highest BCUT2D eigenvalue weighted by Crippen LogP contribution is 2.20. The predicted molar refractivity (Wildman–Crippen MR) is 80.2 cm³/mol. The number of rotatable bonds is 5. The molecule has 0 amide bonds. The van der Waals surface area contributed by atoms with Crippen LogP contribution in [0.1, 0.15) is 25.0 Å². The van der Waals surface area contributed by atoms with Crippen molar-refractivity contribution in [1.29, 1.82) is 0 Å². The van der Waals surface area contributed by atoms with Crippen LogP contribution in [0.2, 0.25) is 0 Å². The summed E-state index contributed by atoms with van der Waals surface area (Å²) < 4.78 is 1.35. The second kappa shape index (κ2) is 6.36. The lowest BCUT2D eigenvalue weighted by Gasteiger charge is -2.31. The molecule has 0 aromatic carbocycles. The van der Waals surface area contributed by atoms with E-state index in [4.69, 9.17) is 0 Å². The van der Waals surface area contributed by atoms with Crippen LogP contribution in [0.25, 0.3) is 5.78 Å². The Morgan fingerprint density at radius 3 is 3.00 bits per heavy atom. The van der Waals surface area contributed by atoms with Gasteiger partial charge in [-0.3, -0.25) is 14.8 Å². The minimum atomic E-state index is -0.101. The van der Waals surface area contributed by atoms with Crippen LogP contribution in [0.15, 0.2) is 17.2 Å². The molecule has 2 aromatic rings. The maximum absolute atomic E-state index is 11.9. The smallest absolute Gasteiger partial charge is 0.274 e. The zero-order valence-electron chi connectivity index (χ0n) is 12.4. The van der Waals surface area contributed by atoms with Gasteiger partial charge in [0.1, 0.15) is 6.33 Å². The van der Waals surface area contributed by atoms with Crippen LogP contribution in [0.5, 0.6) is 0 Å². The average molecular weight is 290 g/mol. The molecule has 7 nitrogen and oxygen atoms in total. The van der Waals surface area contributed by atoms with Gasteiger partial charge in [0.2, 0.25) is 0 Å². The van der Waals surface area contributed by atoms with Gasteiger partial charge >= 0.3 is 0 Å². The number of nitrogens with one attached hydrogen (secondary N) is 2. The van der Waals surface area contributed by atoms with Gasteiger partial charge < -0.3 is 5.32 Å². The topological polar surface area (TPSA) is 78.3 Å². The van der Waals surface area contributed by atoms with Gasteiger partial charge in [0.05, 0.1) is 5.69 Å². The van der Waals surface area contributed by atoms with Crippen LogP contribution in [0.4, 0.5) is 0 Å². The van der Waals surface area contributed by atoms with Gasteiger partial charge in [-0.25, -0.2) is 9.97 Å². The number of fused-ring (bicyclic) bond motifs is 1. The fourth-order valence-electron chi connectivity index (χ4n) is 2.96. The number of nitrogens with zero attached hydrogens (tertiary/aromatic N) is 4. The number of hydrogen-bond acceptors (Lipinski definition) is 5. The van der Waals surface area contributed by atoms with E-state index in [2.05, 4.69) is 25.3 Å². The first-order chi connectivity index (χ1) is 10.3. The van der Waals surface area contributed by atoms with Crippen molar-refractivity contribution in [2.45, 2.75) is 25.8 Å². The van der Waals surface area contributed by atoms with E-state index in [9.17, 15) is 4.79 Å². The van der Waals surface area contributed by atoms with E-state index < -0.39 is 0 Å². The molecule has 7 heteroatoms. The molecule has 0 aliphatic carbocycles. The van der Waals surface area contributed by atoms with Crippen LogP contribution in [0.3, 0.4) is 0 Å². The number of likely N-dealkylation sites (tertiary alicyclic amines) is 1. The molecule has 3 rings (SSSR count). The van der Waals surface area contributed by atoms with Gasteiger partial charge in [0, 0.05) is 12.6 Å². The Morgan fingerprint density at radius 2 is 2.24 bits per heavy atom. The van der Waals surface area contributed by atoms with Crippen molar-refractivity contribution in [3.63, 3.8) is 0 Å². The number of hydrogen-bond donors (Lipinski definition) is 2. The number of H-pyrrole nitrogens is 1. The standard InChI is InChI=1S/C14H22N6O/c1-15-5-2-11-3-6-19(7-4-11)9-12-8-13(21)20-14(18-12)16-10-17-20/h8,10-11,15H,2-7,9H2,1H3,(H,16,17,18). The van der Waals surface area contributed by atoms with Crippen molar-refractivity contribution in [2.75, 3.05) is 26.7 Å². The summed E-state index contributed by atoms with van der Waals surface area (Å²) in [6.45, 7) is 3.99. The van der Waals surface area contributed by atoms with Crippen molar-refractivity contribution in [3.05, 3.63) is 28.4 Å². The summed E-state index contributed by atoms with van der Waals surface area (Å²) >= 11 is 0. The molecule has 21 heavy (non-hydrogen) atoms. The molecule has 0 saturated carbocycles. The first-order valence-corrected chi connectivity index (χ1v) is 7.55. The second-order valence-corrected chi connectivity index (χ2v) is 5.72. The molecule has 114 valence electrons. The number of aromatic nitrogens is 4. The molecule has 2 aromatic heterocycles.